The van der Waals surface area contributed by atoms with Gasteiger partial charge in [-0.2, -0.15) is 0 Å². The van der Waals surface area contributed by atoms with Crippen molar-refractivity contribution in [2.75, 3.05) is 6.61 Å². The zero-order valence-corrected chi connectivity index (χ0v) is 11.8. The highest BCUT2D eigenvalue weighted by atomic mass is 19.1. The molecule has 4 nitrogen and oxygen atoms in total. The summed E-state index contributed by atoms with van der Waals surface area (Å²) < 4.78 is 17.8. The maximum Gasteiger partial charge on any atom is 0.331 e. The molecule has 1 aliphatic carbocycles. The minimum absolute atomic E-state index is 0.124. The van der Waals surface area contributed by atoms with Crippen LogP contribution in [0.5, 0.6) is 0 Å². The quantitative estimate of drug-likeness (QED) is 0.646. The Morgan fingerprint density at radius 2 is 2.24 bits per heavy atom. The number of rotatable bonds is 6. The number of hydrogen-bond acceptors (Lipinski definition) is 3. The van der Waals surface area contributed by atoms with Crippen LogP contribution in [-0.2, 0) is 14.3 Å². The highest BCUT2D eigenvalue weighted by Gasteiger charge is 2.28. The highest BCUT2D eigenvalue weighted by Crippen LogP contribution is 2.32. The number of carbonyl (C=O) groups excluding carboxylic acids is 2. The molecular formula is C16H18FNO3. The van der Waals surface area contributed by atoms with Gasteiger partial charge in [-0.25, -0.2) is 9.18 Å². The van der Waals surface area contributed by atoms with Crippen LogP contribution < -0.4 is 5.32 Å². The lowest BCUT2D eigenvalue weighted by Gasteiger charge is -2.12. The van der Waals surface area contributed by atoms with Gasteiger partial charge >= 0.3 is 5.97 Å². The third-order valence-corrected chi connectivity index (χ3v) is 3.32. The number of carbonyl (C=O) groups is 2. The average molecular weight is 291 g/mol. The fourth-order valence-corrected chi connectivity index (χ4v) is 1.97. The Morgan fingerprint density at radius 3 is 2.90 bits per heavy atom. The maximum atomic E-state index is 12.9. The van der Waals surface area contributed by atoms with Crippen molar-refractivity contribution in [3.05, 3.63) is 41.7 Å². The molecule has 1 atom stereocenters. The summed E-state index contributed by atoms with van der Waals surface area (Å²) in [6.45, 7) is 1.64. The number of amides is 1. The lowest BCUT2D eigenvalue weighted by Crippen LogP contribution is -2.36. The van der Waals surface area contributed by atoms with E-state index < -0.39 is 5.97 Å². The molecule has 1 aromatic rings. The molecule has 1 aromatic carbocycles. The largest absolute Gasteiger partial charge is 0.452 e. The van der Waals surface area contributed by atoms with Crippen LogP contribution in [0.2, 0.25) is 0 Å². The summed E-state index contributed by atoms with van der Waals surface area (Å²) in [5, 5.41) is 2.79. The topological polar surface area (TPSA) is 55.4 Å². The fourth-order valence-electron chi connectivity index (χ4n) is 1.97. The minimum Gasteiger partial charge on any atom is -0.452 e. The summed E-state index contributed by atoms with van der Waals surface area (Å²) in [7, 11) is 0. The number of halogens is 1. The lowest BCUT2D eigenvalue weighted by molar-refractivity contribution is -0.144. The van der Waals surface area contributed by atoms with Gasteiger partial charge in [-0.3, -0.25) is 4.79 Å². The van der Waals surface area contributed by atoms with Crippen LogP contribution in [0.1, 0.15) is 25.3 Å². The summed E-state index contributed by atoms with van der Waals surface area (Å²) in [5.41, 5.74) is 0.554. The standard InChI is InChI=1S/C16H18FNO3/c1-11(13-6-7-13)18-15(19)10-21-16(20)8-5-12-3-2-4-14(17)9-12/h2-5,8-9,11,13H,6-7,10H2,1H3,(H,18,19)/b8-5+/t11-/m0/s1. The Labute approximate surface area is 123 Å². The SMILES string of the molecule is C[C@H](NC(=O)COC(=O)/C=C/c1cccc(F)c1)C1CC1. The number of benzene rings is 1. The van der Waals surface area contributed by atoms with Gasteiger partial charge in [0.2, 0.25) is 0 Å². The van der Waals surface area contributed by atoms with Gasteiger partial charge in [0.1, 0.15) is 5.82 Å². The van der Waals surface area contributed by atoms with Crippen LogP contribution in [0, 0.1) is 11.7 Å². The first-order chi connectivity index (χ1) is 10.0. The third kappa shape index (κ3) is 5.38. The number of hydrogen-bond donors (Lipinski definition) is 1. The van der Waals surface area contributed by atoms with Crippen molar-refractivity contribution in [1.82, 2.24) is 5.32 Å². The van der Waals surface area contributed by atoms with E-state index in [1.54, 1.807) is 12.1 Å². The molecule has 21 heavy (non-hydrogen) atoms. The molecule has 0 heterocycles. The van der Waals surface area contributed by atoms with Crippen LogP contribution in [0.3, 0.4) is 0 Å². The van der Waals surface area contributed by atoms with E-state index in [9.17, 15) is 14.0 Å². The van der Waals surface area contributed by atoms with Gasteiger partial charge in [0, 0.05) is 12.1 Å². The molecule has 0 bridgehead atoms. The predicted octanol–water partition coefficient (Wildman–Crippen LogP) is 2.30. The van der Waals surface area contributed by atoms with E-state index in [4.69, 9.17) is 4.74 Å². The number of ether oxygens (including phenoxy) is 1. The molecular weight excluding hydrogens is 273 g/mol. The van der Waals surface area contributed by atoms with Gasteiger partial charge in [0.25, 0.3) is 5.91 Å². The van der Waals surface area contributed by atoms with Gasteiger partial charge in [-0.05, 0) is 49.5 Å². The van der Waals surface area contributed by atoms with Crippen LogP contribution in [0.25, 0.3) is 6.08 Å². The van der Waals surface area contributed by atoms with E-state index in [0.717, 1.165) is 12.8 Å². The second-order valence-electron chi connectivity index (χ2n) is 5.19. The van der Waals surface area contributed by atoms with Gasteiger partial charge in [0.15, 0.2) is 6.61 Å². The molecule has 1 amide bonds. The Hall–Kier alpha value is -2.17. The maximum absolute atomic E-state index is 12.9. The van der Waals surface area contributed by atoms with E-state index in [2.05, 4.69) is 5.32 Å². The van der Waals surface area contributed by atoms with E-state index in [-0.39, 0.29) is 24.4 Å². The molecule has 2 rings (SSSR count). The Bertz CT molecular complexity index is 552. The lowest BCUT2D eigenvalue weighted by atomic mass is 10.2. The zero-order valence-electron chi connectivity index (χ0n) is 11.8. The van der Waals surface area contributed by atoms with Gasteiger partial charge in [-0.15, -0.1) is 0 Å². The predicted molar refractivity (Wildman–Crippen MR) is 76.7 cm³/mol. The summed E-state index contributed by atoms with van der Waals surface area (Å²) in [6.07, 6.45) is 4.89. The van der Waals surface area contributed by atoms with Gasteiger partial charge in [-0.1, -0.05) is 12.1 Å². The third-order valence-electron chi connectivity index (χ3n) is 3.32. The smallest absolute Gasteiger partial charge is 0.331 e. The average Bonchev–Trinajstić information content (AvgIpc) is 3.27. The van der Waals surface area contributed by atoms with Crippen LogP contribution in [0.15, 0.2) is 30.3 Å². The van der Waals surface area contributed by atoms with E-state index in [0.29, 0.717) is 11.5 Å². The highest BCUT2D eigenvalue weighted by molar-refractivity contribution is 5.89. The molecule has 0 aromatic heterocycles. The van der Waals surface area contributed by atoms with Crippen LogP contribution >= 0.6 is 0 Å². The van der Waals surface area contributed by atoms with E-state index in [1.807, 2.05) is 6.92 Å². The summed E-state index contributed by atoms with van der Waals surface area (Å²) in [4.78, 5) is 23.0. The molecule has 0 radical (unpaired) electrons. The van der Waals surface area contributed by atoms with Gasteiger partial charge < -0.3 is 10.1 Å². The van der Waals surface area contributed by atoms with Crippen LogP contribution in [-0.4, -0.2) is 24.5 Å². The minimum atomic E-state index is -0.631. The molecule has 0 unspecified atom stereocenters. The fraction of sp³-hybridized carbons (Fsp3) is 0.375. The molecule has 0 aliphatic heterocycles. The molecule has 112 valence electrons. The van der Waals surface area contributed by atoms with Crippen molar-refractivity contribution in [2.45, 2.75) is 25.8 Å². The monoisotopic (exact) mass is 291 g/mol. The van der Waals surface area contributed by atoms with E-state index in [1.165, 1.54) is 24.3 Å². The molecule has 1 fully saturated rings. The van der Waals surface area contributed by atoms with Crippen molar-refractivity contribution in [1.29, 1.82) is 0 Å². The van der Waals surface area contributed by atoms with Gasteiger partial charge in [0.05, 0.1) is 0 Å². The zero-order chi connectivity index (χ0) is 15.2. The first-order valence-electron chi connectivity index (χ1n) is 6.94. The molecule has 1 aliphatic rings. The van der Waals surface area contributed by atoms with Crippen LogP contribution in [0.4, 0.5) is 4.39 Å². The Balaban J connectivity index is 1.72. The molecule has 1 saturated carbocycles. The second-order valence-corrected chi connectivity index (χ2v) is 5.19. The number of nitrogens with one attached hydrogen (secondary N) is 1. The van der Waals surface area contributed by atoms with Crippen molar-refractivity contribution in [3.8, 4) is 0 Å². The van der Waals surface area contributed by atoms with Crippen molar-refractivity contribution in [3.63, 3.8) is 0 Å². The summed E-state index contributed by atoms with van der Waals surface area (Å²) in [6, 6.07) is 5.96. The van der Waals surface area contributed by atoms with Crippen molar-refractivity contribution >= 4 is 18.0 Å². The van der Waals surface area contributed by atoms with Crippen molar-refractivity contribution in [2.24, 2.45) is 5.92 Å². The number of esters is 1. The summed E-state index contributed by atoms with van der Waals surface area (Å²) >= 11 is 0. The normalized spacial score (nSPS) is 15.7. The Morgan fingerprint density at radius 1 is 1.48 bits per heavy atom. The molecule has 0 spiro atoms. The molecule has 1 N–H and O–H groups in total. The first-order valence-corrected chi connectivity index (χ1v) is 6.94. The van der Waals surface area contributed by atoms with E-state index >= 15 is 0 Å². The molecule has 0 saturated heterocycles. The molecule has 5 heteroatoms. The Kier molecular flexibility index (Phi) is 5.09. The second kappa shape index (κ2) is 7.02. The first kappa shape index (κ1) is 15.2. The van der Waals surface area contributed by atoms with Crippen molar-refractivity contribution < 1.29 is 18.7 Å². The summed E-state index contributed by atoms with van der Waals surface area (Å²) in [5.74, 6) is -0.758.